The number of ether oxygens (including phenoxy) is 2. The number of methoxy groups -OCH3 is 2. The Hall–Kier alpha value is -3.80. The minimum atomic E-state index is 0.0692. The van der Waals surface area contributed by atoms with Crippen LogP contribution in [0.2, 0.25) is 0 Å². The molecule has 0 N–H and O–H groups in total. The third-order valence-electron chi connectivity index (χ3n) is 6.53. The number of hydrogen-bond donors (Lipinski definition) is 0. The summed E-state index contributed by atoms with van der Waals surface area (Å²) in [7, 11) is 3.20. The molecule has 0 bridgehead atoms. The Balaban J connectivity index is 1.90. The SMILES string of the molecule is C=C(/C=C\C=C/C)C1[C@@H](c2cc(C)nc(OC)n2)C(c2ccccc2)[C@H]1c1cc(C)nc(OC)n1. The summed E-state index contributed by atoms with van der Waals surface area (Å²) in [6, 6.07) is 15.4. The monoisotopic (exact) mass is 468 g/mol. The summed E-state index contributed by atoms with van der Waals surface area (Å²) in [5, 5.41) is 0. The molecular weight excluding hydrogens is 436 g/mol. The molecule has 180 valence electrons. The normalized spacial score (nSPS) is 21.7. The summed E-state index contributed by atoms with van der Waals surface area (Å²) in [6.07, 6.45) is 8.13. The van der Waals surface area contributed by atoms with Crippen LogP contribution >= 0.6 is 0 Å². The van der Waals surface area contributed by atoms with Gasteiger partial charge in [-0.25, -0.2) is 9.97 Å². The molecule has 4 atom stereocenters. The summed E-state index contributed by atoms with van der Waals surface area (Å²) in [5.74, 6) is 0.342. The van der Waals surface area contributed by atoms with E-state index in [0.717, 1.165) is 28.3 Å². The topological polar surface area (TPSA) is 70.0 Å². The molecule has 35 heavy (non-hydrogen) atoms. The fraction of sp³-hybridized carbons (Fsp3) is 0.310. The zero-order valence-corrected chi connectivity index (χ0v) is 21.0. The molecule has 6 nitrogen and oxygen atoms in total. The number of rotatable bonds is 8. The molecule has 4 rings (SSSR count). The number of nitrogens with zero attached hydrogens (tertiary/aromatic N) is 4. The second-order valence-electron chi connectivity index (χ2n) is 8.82. The summed E-state index contributed by atoms with van der Waals surface area (Å²) in [5.41, 5.74) is 5.89. The number of aryl methyl sites for hydroxylation is 2. The number of hydrogen-bond acceptors (Lipinski definition) is 6. The number of allylic oxidation sites excluding steroid dienone is 5. The Bertz CT molecular complexity index is 1190. The molecular formula is C29H32N4O2. The van der Waals surface area contributed by atoms with Gasteiger partial charge >= 0.3 is 12.0 Å². The quantitative estimate of drug-likeness (QED) is 0.385. The van der Waals surface area contributed by atoms with Crippen LogP contribution < -0.4 is 9.47 Å². The smallest absolute Gasteiger partial charge is 0.316 e. The van der Waals surface area contributed by atoms with E-state index in [-0.39, 0.29) is 23.7 Å². The lowest BCUT2D eigenvalue weighted by Gasteiger charge is -2.52. The molecule has 0 radical (unpaired) electrons. The maximum absolute atomic E-state index is 5.42. The molecule has 1 fully saturated rings. The molecule has 1 aliphatic rings. The highest BCUT2D eigenvalue weighted by molar-refractivity contribution is 5.45. The second-order valence-corrected chi connectivity index (χ2v) is 8.82. The van der Waals surface area contributed by atoms with Gasteiger partial charge in [-0.15, -0.1) is 0 Å². The van der Waals surface area contributed by atoms with Crippen LogP contribution in [0.5, 0.6) is 12.0 Å². The summed E-state index contributed by atoms with van der Waals surface area (Å²) in [6.45, 7) is 10.4. The van der Waals surface area contributed by atoms with Gasteiger partial charge < -0.3 is 9.47 Å². The predicted molar refractivity (Wildman–Crippen MR) is 138 cm³/mol. The highest BCUT2D eigenvalue weighted by Gasteiger charge is 2.54. The minimum absolute atomic E-state index is 0.0692. The van der Waals surface area contributed by atoms with Crippen LogP contribution in [0, 0.1) is 19.8 Å². The maximum atomic E-state index is 5.42. The summed E-state index contributed by atoms with van der Waals surface area (Å²) in [4.78, 5) is 18.4. The zero-order chi connectivity index (χ0) is 24.9. The Morgan fingerprint density at radius 3 is 1.83 bits per heavy atom. The van der Waals surface area contributed by atoms with E-state index in [2.05, 4.69) is 59.0 Å². The van der Waals surface area contributed by atoms with Gasteiger partial charge in [-0.3, -0.25) is 0 Å². The average Bonchev–Trinajstić information content (AvgIpc) is 2.83. The van der Waals surface area contributed by atoms with E-state index in [1.807, 2.05) is 45.1 Å². The van der Waals surface area contributed by atoms with Crippen molar-refractivity contribution in [1.82, 2.24) is 19.9 Å². The largest absolute Gasteiger partial charge is 0.467 e. The van der Waals surface area contributed by atoms with Gasteiger partial charge in [0.05, 0.1) is 25.6 Å². The number of benzene rings is 1. The van der Waals surface area contributed by atoms with E-state index < -0.39 is 0 Å². The van der Waals surface area contributed by atoms with Crippen LogP contribution in [0.1, 0.15) is 53.0 Å². The first kappa shape index (κ1) is 24.3. The molecule has 0 saturated heterocycles. The van der Waals surface area contributed by atoms with E-state index in [1.165, 1.54) is 5.56 Å². The van der Waals surface area contributed by atoms with E-state index in [4.69, 9.17) is 19.4 Å². The fourth-order valence-electron chi connectivity index (χ4n) is 5.09. The Morgan fingerprint density at radius 2 is 1.34 bits per heavy atom. The lowest BCUT2D eigenvalue weighted by atomic mass is 9.50. The Labute approximate surface area is 207 Å². The lowest BCUT2D eigenvalue weighted by Crippen LogP contribution is -2.43. The van der Waals surface area contributed by atoms with Crippen LogP contribution in [0.3, 0.4) is 0 Å². The molecule has 6 heteroatoms. The standard InChI is InChI=1S/C29H32N4O2/c1-7-8-10-13-18(2)24-26(22-16-19(3)30-28(32-22)34-5)25(21-14-11-9-12-15-21)27(24)23-17-20(4)31-29(33-23)35-6/h7-17,24-27H,2H2,1,3-6H3/b8-7-,13-10-/t24?,25?,26-,27+. The van der Waals surface area contributed by atoms with Crippen LogP contribution in [-0.2, 0) is 0 Å². The van der Waals surface area contributed by atoms with Crippen molar-refractivity contribution in [3.63, 3.8) is 0 Å². The molecule has 2 aromatic heterocycles. The molecule has 0 spiro atoms. The second kappa shape index (κ2) is 10.6. The molecule has 3 aromatic rings. The van der Waals surface area contributed by atoms with Gasteiger partial charge in [0.15, 0.2) is 0 Å². The molecule has 1 saturated carbocycles. The first-order valence-corrected chi connectivity index (χ1v) is 11.8. The van der Waals surface area contributed by atoms with Crippen molar-refractivity contribution in [3.8, 4) is 12.0 Å². The van der Waals surface area contributed by atoms with Crippen molar-refractivity contribution in [2.45, 2.75) is 38.5 Å². The van der Waals surface area contributed by atoms with E-state index in [0.29, 0.717) is 12.0 Å². The van der Waals surface area contributed by atoms with Gasteiger partial charge in [0.25, 0.3) is 0 Å². The van der Waals surface area contributed by atoms with Crippen molar-refractivity contribution < 1.29 is 9.47 Å². The van der Waals surface area contributed by atoms with Crippen molar-refractivity contribution in [2.24, 2.45) is 5.92 Å². The molecule has 0 aliphatic heterocycles. The summed E-state index contributed by atoms with van der Waals surface area (Å²) < 4.78 is 10.8. The molecule has 1 aromatic carbocycles. The van der Waals surface area contributed by atoms with Crippen LogP contribution in [0.15, 0.2) is 78.9 Å². The first-order valence-electron chi connectivity index (χ1n) is 11.8. The van der Waals surface area contributed by atoms with Gasteiger partial charge in [0, 0.05) is 35.1 Å². The van der Waals surface area contributed by atoms with E-state index >= 15 is 0 Å². The Morgan fingerprint density at radius 1 is 0.800 bits per heavy atom. The third-order valence-corrected chi connectivity index (χ3v) is 6.53. The van der Waals surface area contributed by atoms with Gasteiger partial charge in [-0.1, -0.05) is 66.8 Å². The lowest BCUT2D eigenvalue weighted by molar-refractivity contribution is 0.183. The van der Waals surface area contributed by atoms with E-state index in [1.54, 1.807) is 14.2 Å². The molecule has 2 unspecified atom stereocenters. The van der Waals surface area contributed by atoms with Crippen LogP contribution in [-0.4, -0.2) is 34.2 Å². The third kappa shape index (κ3) is 5.02. The number of aromatic nitrogens is 4. The zero-order valence-electron chi connectivity index (χ0n) is 21.0. The van der Waals surface area contributed by atoms with Crippen molar-refractivity contribution >= 4 is 0 Å². The average molecular weight is 469 g/mol. The first-order chi connectivity index (χ1) is 17.0. The molecule has 0 amide bonds. The summed E-state index contributed by atoms with van der Waals surface area (Å²) >= 11 is 0. The highest BCUT2D eigenvalue weighted by Crippen LogP contribution is 2.64. The minimum Gasteiger partial charge on any atom is -0.467 e. The van der Waals surface area contributed by atoms with E-state index in [9.17, 15) is 0 Å². The molecule has 2 heterocycles. The fourth-order valence-corrected chi connectivity index (χ4v) is 5.09. The van der Waals surface area contributed by atoms with Crippen molar-refractivity contribution in [3.05, 3.63) is 107 Å². The van der Waals surface area contributed by atoms with Crippen molar-refractivity contribution in [1.29, 1.82) is 0 Å². The Kier molecular flexibility index (Phi) is 7.39. The highest BCUT2D eigenvalue weighted by atomic mass is 16.5. The maximum Gasteiger partial charge on any atom is 0.316 e. The van der Waals surface area contributed by atoms with Gasteiger partial charge in [-0.05, 0) is 38.5 Å². The van der Waals surface area contributed by atoms with Crippen LogP contribution in [0.4, 0.5) is 0 Å². The van der Waals surface area contributed by atoms with Gasteiger partial charge in [-0.2, -0.15) is 9.97 Å². The predicted octanol–water partition coefficient (Wildman–Crippen LogP) is 5.87. The molecule has 1 aliphatic carbocycles. The van der Waals surface area contributed by atoms with Gasteiger partial charge in [0.2, 0.25) is 0 Å². The van der Waals surface area contributed by atoms with Crippen LogP contribution in [0.25, 0.3) is 0 Å². The van der Waals surface area contributed by atoms with Crippen molar-refractivity contribution in [2.75, 3.05) is 14.2 Å². The van der Waals surface area contributed by atoms with Gasteiger partial charge in [0.1, 0.15) is 0 Å².